The van der Waals surface area contributed by atoms with Gasteiger partial charge in [0.05, 0.1) is 6.42 Å². The fraction of sp³-hybridized carbons (Fsp3) is 0.514. The number of piperidine rings is 1. The maximum atomic E-state index is 14.1. The number of carbonyl (C=O) groups is 5. The molecule has 2 saturated heterocycles. The van der Waals surface area contributed by atoms with E-state index in [0.29, 0.717) is 18.5 Å². The molecule has 0 aromatic heterocycles. The lowest BCUT2D eigenvalue weighted by Gasteiger charge is -2.38. The van der Waals surface area contributed by atoms with Gasteiger partial charge >= 0.3 is 17.8 Å². The van der Waals surface area contributed by atoms with Crippen LogP contribution in [-0.2, 0) is 34.1 Å². The standard InChI is InChI=1S/C35H41F4N3O7/c1-34(2,3)21-9-7-8-10-24(21)40-32(46)33(47)42-19-11-12-20(42)14-18(13-19)31(45)41-25(16-27(44)49-35(4,5)6)26(43)17-48-30-28(38)22(36)15-23(37)29(30)39/h7-10,15,18-20,25H,11-14,16-17H2,1-6H3,(H,40,46)(H,41,45)/t18?,19?,20?,25-/m0/s1. The zero-order chi connectivity index (χ0) is 36.4. The van der Waals surface area contributed by atoms with Crippen molar-refractivity contribution in [2.45, 2.75) is 103 Å². The van der Waals surface area contributed by atoms with Crippen molar-refractivity contribution in [2.24, 2.45) is 5.92 Å². The Morgan fingerprint density at radius 2 is 1.47 bits per heavy atom. The highest BCUT2D eigenvalue weighted by Gasteiger charge is 2.47. The highest BCUT2D eigenvalue weighted by molar-refractivity contribution is 6.39. The third-order valence-corrected chi connectivity index (χ3v) is 8.44. The monoisotopic (exact) mass is 691 g/mol. The summed E-state index contributed by atoms with van der Waals surface area (Å²) < 4.78 is 65.6. The molecule has 14 heteroatoms. The Morgan fingerprint density at radius 3 is 2.02 bits per heavy atom. The molecular weight excluding hydrogens is 650 g/mol. The molecule has 2 bridgehead atoms. The molecule has 0 saturated carbocycles. The Morgan fingerprint density at radius 1 is 0.898 bits per heavy atom. The molecule has 2 heterocycles. The van der Waals surface area contributed by atoms with Gasteiger partial charge in [0.15, 0.2) is 23.2 Å². The van der Waals surface area contributed by atoms with Gasteiger partial charge in [0.2, 0.25) is 17.5 Å². The summed E-state index contributed by atoms with van der Waals surface area (Å²) in [4.78, 5) is 67.3. The number of para-hydroxylation sites is 1. The number of Topliss-reactive ketones (excluding diaryl/α,β-unsaturated/α-hetero) is 1. The van der Waals surface area contributed by atoms with E-state index in [1.807, 2.05) is 32.9 Å². The maximum absolute atomic E-state index is 14.1. The van der Waals surface area contributed by atoms with Gasteiger partial charge in [-0.1, -0.05) is 39.0 Å². The van der Waals surface area contributed by atoms with E-state index in [4.69, 9.17) is 9.47 Å². The van der Waals surface area contributed by atoms with Crippen molar-refractivity contribution in [3.63, 3.8) is 0 Å². The van der Waals surface area contributed by atoms with Gasteiger partial charge in [0.1, 0.15) is 18.2 Å². The summed E-state index contributed by atoms with van der Waals surface area (Å²) in [7, 11) is 0. The third kappa shape index (κ3) is 8.95. The maximum Gasteiger partial charge on any atom is 0.313 e. The number of fused-ring (bicyclic) bond motifs is 2. The number of anilines is 1. The normalized spacial score (nSPS) is 19.6. The molecule has 2 aliphatic rings. The molecule has 2 fully saturated rings. The van der Waals surface area contributed by atoms with Gasteiger partial charge < -0.3 is 25.0 Å². The summed E-state index contributed by atoms with van der Waals surface area (Å²) in [5.41, 5.74) is 0.133. The number of rotatable bonds is 9. The van der Waals surface area contributed by atoms with Gasteiger partial charge in [0, 0.05) is 29.8 Å². The minimum Gasteiger partial charge on any atom is -0.479 e. The van der Waals surface area contributed by atoms with Crippen LogP contribution < -0.4 is 15.4 Å². The van der Waals surface area contributed by atoms with Gasteiger partial charge in [-0.05, 0) is 63.5 Å². The van der Waals surface area contributed by atoms with Crippen LogP contribution in [0.25, 0.3) is 0 Å². The van der Waals surface area contributed by atoms with E-state index < -0.39 is 101 Å². The number of carbonyl (C=O) groups excluding carboxylic acids is 5. The predicted molar refractivity (Wildman–Crippen MR) is 169 cm³/mol. The van der Waals surface area contributed by atoms with Crippen molar-refractivity contribution < 1.29 is 51.0 Å². The van der Waals surface area contributed by atoms with E-state index in [0.717, 1.165) is 5.56 Å². The number of amides is 3. The van der Waals surface area contributed by atoms with Crippen molar-refractivity contribution in [1.82, 2.24) is 10.2 Å². The van der Waals surface area contributed by atoms with Crippen LogP contribution in [0.2, 0.25) is 0 Å². The van der Waals surface area contributed by atoms with Crippen LogP contribution in [0.4, 0.5) is 23.2 Å². The molecule has 0 radical (unpaired) electrons. The van der Waals surface area contributed by atoms with Crippen molar-refractivity contribution in [3.8, 4) is 5.75 Å². The summed E-state index contributed by atoms with van der Waals surface area (Å²) in [5, 5.41) is 5.23. The number of esters is 1. The van der Waals surface area contributed by atoms with Crippen LogP contribution in [0.5, 0.6) is 5.75 Å². The van der Waals surface area contributed by atoms with Crippen LogP contribution in [0.15, 0.2) is 30.3 Å². The van der Waals surface area contributed by atoms with Crippen LogP contribution in [0, 0.1) is 29.2 Å². The van der Waals surface area contributed by atoms with Gasteiger partial charge in [-0.15, -0.1) is 0 Å². The molecule has 10 nitrogen and oxygen atoms in total. The second-order valence-electron chi connectivity index (χ2n) is 14.4. The first kappa shape index (κ1) is 37.3. The minimum absolute atomic E-state index is 0.0184. The topological polar surface area (TPSA) is 131 Å². The molecule has 3 amide bonds. The SMILES string of the molecule is CC(C)(C)OC(=O)C[C@H](NC(=O)C1CC2CCC(C1)N2C(=O)C(=O)Nc1ccccc1C(C)(C)C)C(=O)COc1c(F)c(F)cc(F)c1F. The highest BCUT2D eigenvalue weighted by Crippen LogP contribution is 2.39. The lowest BCUT2D eigenvalue weighted by atomic mass is 9.86. The van der Waals surface area contributed by atoms with Gasteiger partial charge in [-0.25, -0.2) is 8.78 Å². The summed E-state index contributed by atoms with van der Waals surface area (Å²) in [6.07, 6.45) is 0.753. The number of nitrogens with one attached hydrogen (secondary N) is 2. The van der Waals surface area contributed by atoms with E-state index in [-0.39, 0.29) is 24.3 Å². The van der Waals surface area contributed by atoms with Crippen LogP contribution in [0.1, 0.15) is 79.2 Å². The number of ether oxygens (including phenoxy) is 2. The zero-order valence-electron chi connectivity index (χ0n) is 28.3. The lowest BCUT2D eigenvalue weighted by Crippen LogP contribution is -2.54. The Kier molecular flexibility index (Phi) is 11.1. The minimum atomic E-state index is -1.86. The van der Waals surface area contributed by atoms with E-state index in [9.17, 15) is 41.5 Å². The molecule has 3 atom stereocenters. The van der Waals surface area contributed by atoms with Gasteiger partial charge in [0.25, 0.3) is 0 Å². The first-order chi connectivity index (χ1) is 22.8. The van der Waals surface area contributed by atoms with E-state index in [1.54, 1.807) is 32.9 Å². The van der Waals surface area contributed by atoms with E-state index >= 15 is 0 Å². The number of ketones is 1. The number of hydrogen-bond donors (Lipinski definition) is 2. The highest BCUT2D eigenvalue weighted by atomic mass is 19.2. The fourth-order valence-corrected chi connectivity index (χ4v) is 6.27. The largest absolute Gasteiger partial charge is 0.479 e. The first-order valence-corrected chi connectivity index (χ1v) is 16.0. The van der Waals surface area contributed by atoms with Crippen molar-refractivity contribution in [3.05, 3.63) is 59.2 Å². The molecule has 0 spiro atoms. The fourth-order valence-electron chi connectivity index (χ4n) is 6.27. The van der Waals surface area contributed by atoms with Crippen LogP contribution >= 0.6 is 0 Å². The third-order valence-electron chi connectivity index (χ3n) is 8.44. The Bertz CT molecular complexity index is 1600. The second-order valence-corrected chi connectivity index (χ2v) is 14.4. The quantitative estimate of drug-likeness (QED) is 0.162. The predicted octanol–water partition coefficient (Wildman–Crippen LogP) is 5.11. The molecule has 2 aromatic carbocycles. The average Bonchev–Trinajstić information content (AvgIpc) is 3.26. The van der Waals surface area contributed by atoms with Gasteiger partial charge in [-0.3, -0.25) is 24.0 Å². The van der Waals surface area contributed by atoms with Crippen molar-refractivity contribution in [1.29, 1.82) is 0 Å². The van der Waals surface area contributed by atoms with Crippen molar-refractivity contribution >= 4 is 35.2 Å². The molecule has 49 heavy (non-hydrogen) atoms. The molecular formula is C35H41F4N3O7. The van der Waals surface area contributed by atoms with E-state index in [2.05, 4.69) is 10.6 Å². The van der Waals surface area contributed by atoms with Crippen LogP contribution in [-0.4, -0.2) is 64.7 Å². The summed E-state index contributed by atoms with van der Waals surface area (Å²) >= 11 is 0. The smallest absolute Gasteiger partial charge is 0.313 e. The lowest BCUT2D eigenvalue weighted by molar-refractivity contribution is -0.156. The summed E-state index contributed by atoms with van der Waals surface area (Å²) in [6, 6.07) is 4.71. The zero-order valence-corrected chi connectivity index (χ0v) is 28.3. The van der Waals surface area contributed by atoms with Crippen LogP contribution in [0.3, 0.4) is 0 Å². The molecule has 2 N–H and O–H groups in total. The number of hydrogen-bond acceptors (Lipinski definition) is 7. The number of benzene rings is 2. The molecule has 0 aliphatic carbocycles. The summed E-state index contributed by atoms with van der Waals surface area (Å²) in [5.74, 6) is -13.4. The Hall–Kier alpha value is -4.49. The van der Waals surface area contributed by atoms with E-state index in [1.165, 1.54) is 4.90 Å². The Labute approximate surface area is 281 Å². The molecule has 2 aromatic rings. The van der Waals surface area contributed by atoms with Crippen molar-refractivity contribution in [2.75, 3.05) is 11.9 Å². The summed E-state index contributed by atoms with van der Waals surface area (Å²) in [6.45, 7) is 9.57. The van der Waals surface area contributed by atoms with Gasteiger partial charge in [-0.2, -0.15) is 8.78 Å². The second kappa shape index (κ2) is 14.6. The first-order valence-electron chi connectivity index (χ1n) is 16.0. The Balaban J connectivity index is 1.44. The molecule has 2 aliphatic heterocycles. The number of halogens is 4. The molecule has 4 rings (SSSR count). The molecule has 266 valence electrons. The number of nitrogens with zero attached hydrogens (tertiary/aromatic N) is 1. The average molecular weight is 692 g/mol. The molecule has 2 unspecified atom stereocenters.